The van der Waals surface area contributed by atoms with Crippen LogP contribution >= 0.6 is 0 Å². The molecule has 0 aliphatic carbocycles. The third-order valence-corrected chi connectivity index (χ3v) is 2.80. The summed E-state index contributed by atoms with van der Waals surface area (Å²) in [6.45, 7) is 0. The molecule has 2 aromatic heterocycles. The molecule has 0 unspecified atom stereocenters. The van der Waals surface area contributed by atoms with Gasteiger partial charge in [0.15, 0.2) is 0 Å². The van der Waals surface area contributed by atoms with Gasteiger partial charge in [-0.1, -0.05) is 12.1 Å². The number of amides is 1. The lowest BCUT2D eigenvalue weighted by Crippen LogP contribution is -2.12. The maximum atomic E-state index is 11.9. The number of nitrogens with one attached hydrogen (secondary N) is 2. The van der Waals surface area contributed by atoms with Crippen LogP contribution in [0.3, 0.4) is 0 Å². The molecule has 6 nitrogen and oxygen atoms in total. The summed E-state index contributed by atoms with van der Waals surface area (Å²) in [5.74, 6) is -0.214. The maximum Gasteiger partial charge on any atom is 0.257 e. The van der Waals surface area contributed by atoms with Crippen LogP contribution in [-0.4, -0.2) is 26.3 Å². The average Bonchev–Trinajstić information content (AvgIpc) is 3.03. The molecule has 0 atom stereocenters. The SMILES string of the molecule is O=C(Nc1ccc(-c2ccn[nH]2)cc1)c1ccnnc1. The van der Waals surface area contributed by atoms with Gasteiger partial charge in [-0.25, -0.2) is 0 Å². The number of hydrogen-bond acceptors (Lipinski definition) is 4. The van der Waals surface area contributed by atoms with Crippen molar-refractivity contribution in [1.29, 1.82) is 0 Å². The Morgan fingerprint density at radius 1 is 1.00 bits per heavy atom. The standard InChI is InChI=1S/C14H11N5O/c20-14(11-5-7-15-17-9-11)18-12-3-1-10(2-4-12)13-6-8-16-19-13/h1-9H,(H,16,19)(H,18,20). The highest BCUT2D eigenvalue weighted by molar-refractivity contribution is 6.04. The van der Waals surface area contributed by atoms with Gasteiger partial charge in [-0.2, -0.15) is 15.3 Å². The molecule has 0 saturated carbocycles. The number of aromatic amines is 1. The number of nitrogens with zero attached hydrogens (tertiary/aromatic N) is 3. The number of hydrogen-bond donors (Lipinski definition) is 2. The lowest BCUT2D eigenvalue weighted by molar-refractivity contribution is 0.102. The highest BCUT2D eigenvalue weighted by atomic mass is 16.1. The van der Waals surface area contributed by atoms with Gasteiger partial charge in [-0.3, -0.25) is 9.89 Å². The fourth-order valence-corrected chi connectivity index (χ4v) is 1.78. The molecule has 1 aromatic carbocycles. The quantitative estimate of drug-likeness (QED) is 0.759. The van der Waals surface area contributed by atoms with Crippen molar-refractivity contribution in [3.63, 3.8) is 0 Å². The Morgan fingerprint density at radius 2 is 1.85 bits per heavy atom. The minimum atomic E-state index is -0.214. The van der Waals surface area contributed by atoms with E-state index in [9.17, 15) is 4.79 Å². The summed E-state index contributed by atoms with van der Waals surface area (Å²) in [7, 11) is 0. The third kappa shape index (κ3) is 2.54. The van der Waals surface area contributed by atoms with E-state index in [0.29, 0.717) is 5.56 Å². The van der Waals surface area contributed by atoms with Crippen molar-refractivity contribution in [3.8, 4) is 11.3 Å². The van der Waals surface area contributed by atoms with E-state index in [-0.39, 0.29) is 5.91 Å². The van der Waals surface area contributed by atoms with Crippen LogP contribution in [0.25, 0.3) is 11.3 Å². The highest BCUT2D eigenvalue weighted by Gasteiger charge is 2.06. The molecule has 0 bridgehead atoms. The highest BCUT2D eigenvalue weighted by Crippen LogP contribution is 2.19. The van der Waals surface area contributed by atoms with Crippen molar-refractivity contribution in [2.45, 2.75) is 0 Å². The number of H-pyrrole nitrogens is 1. The molecular formula is C14H11N5O. The summed E-state index contributed by atoms with van der Waals surface area (Å²) in [5.41, 5.74) is 3.13. The Morgan fingerprint density at radius 3 is 2.50 bits per heavy atom. The summed E-state index contributed by atoms with van der Waals surface area (Å²) in [4.78, 5) is 11.9. The summed E-state index contributed by atoms with van der Waals surface area (Å²) in [5, 5.41) is 16.9. The molecular weight excluding hydrogens is 254 g/mol. The fraction of sp³-hybridized carbons (Fsp3) is 0. The van der Waals surface area contributed by atoms with Crippen molar-refractivity contribution in [2.75, 3.05) is 5.32 Å². The second-order valence-corrected chi connectivity index (χ2v) is 4.13. The summed E-state index contributed by atoms with van der Waals surface area (Å²) >= 11 is 0. The molecule has 0 radical (unpaired) electrons. The van der Waals surface area contributed by atoms with E-state index < -0.39 is 0 Å². The smallest absolute Gasteiger partial charge is 0.257 e. The van der Waals surface area contributed by atoms with E-state index in [1.54, 1.807) is 12.3 Å². The molecule has 0 aliphatic heterocycles. The first-order valence-electron chi connectivity index (χ1n) is 6.01. The van der Waals surface area contributed by atoms with Gasteiger partial charge in [-0.15, -0.1) is 0 Å². The maximum absolute atomic E-state index is 11.9. The van der Waals surface area contributed by atoms with Crippen molar-refractivity contribution in [1.82, 2.24) is 20.4 Å². The Kier molecular flexibility index (Phi) is 3.20. The molecule has 1 amide bonds. The Hall–Kier alpha value is -3.02. The van der Waals surface area contributed by atoms with E-state index in [4.69, 9.17) is 0 Å². The van der Waals surface area contributed by atoms with Crippen LogP contribution in [0.15, 0.2) is 55.0 Å². The fourth-order valence-electron chi connectivity index (χ4n) is 1.78. The number of carbonyl (C=O) groups excluding carboxylic acids is 1. The lowest BCUT2D eigenvalue weighted by Gasteiger charge is -2.05. The van der Waals surface area contributed by atoms with E-state index in [1.165, 1.54) is 12.4 Å². The zero-order chi connectivity index (χ0) is 13.8. The topological polar surface area (TPSA) is 83.6 Å². The number of benzene rings is 1. The Labute approximate surface area is 114 Å². The summed E-state index contributed by atoms with van der Waals surface area (Å²) in [6.07, 6.45) is 4.60. The molecule has 0 aliphatic rings. The number of aromatic nitrogens is 4. The van der Waals surface area contributed by atoms with E-state index in [0.717, 1.165) is 16.9 Å². The number of anilines is 1. The van der Waals surface area contributed by atoms with Gasteiger partial charge in [-0.05, 0) is 29.8 Å². The van der Waals surface area contributed by atoms with Crippen LogP contribution in [0.2, 0.25) is 0 Å². The number of carbonyl (C=O) groups is 1. The van der Waals surface area contributed by atoms with E-state index in [1.807, 2.05) is 30.3 Å². The molecule has 20 heavy (non-hydrogen) atoms. The molecule has 6 heteroatoms. The molecule has 98 valence electrons. The van der Waals surface area contributed by atoms with Gasteiger partial charge in [0.25, 0.3) is 5.91 Å². The monoisotopic (exact) mass is 265 g/mol. The van der Waals surface area contributed by atoms with E-state index >= 15 is 0 Å². The summed E-state index contributed by atoms with van der Waals surface area (Å²) in [6, 6.07) is 11.0. The third-order valence-electron chi connectivity index (χ3n) is 2.80. The predicted octanol–water partition coefficient (Wildman–Crippen LogP) is 2.12. The Balaban J connectivity index is 1.74. The number of rotatable bonds is 3. The van der Waals surface area contributed by atoms with Crippen molar-refractivity contribution in [3.05, 3.63) is 60.6 Å². The first kappa shape index (κ1) is 12.0. The van der Waals surface area contributed by atoms with Gasteiger partial charge in [0.1, 0.15) is 0 Å². The van der Waals surface area contributed by atoms with E-state index in [2.05, 4.69) is 25.7 Å². The first-order chi connectivity index (χ1) is 9.83. The van der Waals surface area contributed by atoms with Crippen LogP contribution in [0.5, 0.6) is 0 Å². The minimum absolute atomic E-state index is 0.214. The zero-order valence-corrected chi connectivity index (χ0v) is 10.4. The molecule has 0 spiro atoms. The second kappa shape index (κ2) is 5.31. The van der Waals surface area contributed by atoms with Crippen LogP contribution in [-0.2, 0) is 0 Å². The molecule has 0 saturated heterocycles. The molecule has 0 fully saturated rings. The average molecular weight is 265 g/mol. The molecule has 3 aromatic rings. The molecule has 3 rings (SSSR count). The van der Waals surface area contributed by atoms with Crippen LogP contribution in [0.1, 0.15) is 10.4 Å². The summed E-state index contributed by atoms with van der Waals surface area (Å²) < 4.78 is 0. The van der Waals surface area contributed by atoms with Crippen molar-refractivity contribution in [2.24, 2.45) is 0 Å². The van der Waals surface area contributed by atoms with Gasteiger partial charge in [0.2, 0.25) is 0 Å². The first-order valence-corrected chi connectivity index (χ1v) is 6.01. The van der Waals surface area contributed by atoms with Crippen molar-refractivity contribution >= 4 is 11.6 Å². The van der Waals surface area contributed by atoms with Gasteiger partial charge < -0.3 is 5.32 Å². The van der Waals surface area contributed by atoms with Crippen molar-refractivity contribution < 1.29 is 4.79 Å². The predicted molar refractivity (Wildman–Crippen MR) is 74.0 cm³/mol. The lowest BCUT2D eigenvalue weighted by atomic mass is 10.1. The van der Waals surface area contributed by atoms with Gasteiger partial charge in [0, 0.05) is 11.9 Å². The van der Waals surface area contributed by atoms with Crippen LogP contribution < -0.4 is 5.32 Å². The zero-order valence-electron chi connectivity index (χ0n) is 10.4. The van der Waals surface area contributed by atoms with Gasteiger partial charge in [0.05, 0.1) is 23.7 Å². The molecule has 2 heterocycles. The molecule has 2 N–H and O–H groups in total. The minimum Gasteiger partial charge on any atom is -0.322 e. The largest absolute Gasteiger partial charge is 0.322 e. The van der Waals surface area contributed by atoms with Crippen LogP contribution in [0, 0.1) is 0 Å². The Bertz CT molecular complexity index is 692. The van der Waals surface area contributed by atoms with Gasteiger partial charge >= 0.3 is 0 Å². The normalized spacial score (nSPS) is 10.2. The van der Waals surface area contributed by atoms with Crippen LogP contribution in [0.4, 0.5) is 5.69 Å². The second-order valence-electron chi connectivity index (χ2n) is 4.13.